The van der Waals surface area contributed by atoms with Crippen molar-refractivity contribution in [3.8, 4) is 5.75 Å². The number of hydrogen-bond acceptors (Lipinski definition) is 2. The average molecular weight is 261 g/mol. The number of hydrogen-bond donors (Lipinski definition) is 1. The van der Waals surface area contributed by atoms with Gasteiger partial charge in [-0.2, -0.15) is 0 Å². The number of methoxy groups -OCH3 is 1. The van der Waals surface area contributed by atoms with Crippen LogP contribution >= 0.6 is 0 Å². The highest BCUT2D eigenvalue weighted by Gasteiger charge is 2.27. The van der Waals surface area contributed by atoms with E-state index in [1.165, 1.54) is 24.8 Å². The summed E-state index contributed by atoms with van der Waals surface area (Å²) in [6.45, 7) is 7.02. The van der Waals surface area contributed by atoms with Gasteiger partial charge in [0.05, 0.1) is 7.11 Å². The zero-order valence-corrected chi connectivity index (χ0v) is 12.6. The fourth-order valence-corrected chi connectivity index (χ4v) is 3.15. The van der Waals surface area contributed by atoms with Crippen molar-refractivity contribution in [2.45, 2.75) is 52.1 Å². The van der Waals surface area contributed by atoms with Crippen LogP contribution in [0, 0.1) is 11.8 Å². The molecule has 1 N–H and O–H groups in total. The minimum Gasteiger partial charge on any atom is -0.497 e. The Morgan fingerprint density at radius 3 is 2.79 bits per heavy atom. The summed E-state index contributed by atoms with van der Waals surface area (Å²) in [6, 6.07) is 9.41. The Bertz CT molecular complexity index is 404. The van der Waals surface area contributed by atoms with Gasteiger partial charge in [-0.3, -0.25) is 0 Å². The van der Waals surface area contributed by atoms with Crippen molar-refractivity contribution in [1.29, 1.82) is 0 Å². The fourth-order valence-electron chi connectivity index (χ4n) is 3.15. The van der Waals surface area contributed by atoms with Crippen molar-refractivity contribution in [2.24, 2.45) is 11.8 Å². The summed E-state index contributed by atoms with van der Waals surface area (Å²) in [5.74, 6) is 2.54. The molecule has 0 bridgehead atoms. The van der Waals surface area contributed by atoms with Crippen LogP contribution in [0.2, 0.25) is 0 Å². The van der Waals surface area contributed by atoms with Gasteiger partial charge in [-0.15, -0.1) is 0 Å². The minimum absolute atomic E-state index is 0.382. The monoisotopic (exact) mass is 261 g/mol. The lowest BCUT2D eigenvalue weighted by molar-refractivity contribution is 0.196. The molecule has 0 saturated heterocycles. The zero-order valence-electron chi connectivity index (χ0n) is 12.6. The summed E-state index contributed by atoms with van der Waals surface area (Å²) in [5.41, 5.74) is 1.31. The van der Waals surface area contributed by atoms with Crippen LogP contribution in [-0.4, -0.2) is 13.2 Å². The van der Waals surface area contributed by atoms with Gasteiger partial charge in [0.15, 0.2) is 0 Å². The van der Waals surface area contributed by atoms with Crippen molar-refractivity contribution in [1.82, 2.24) is 5.32 Å². The van der Waals surface area contributed by atoms with Crippen molar-refractivity contribution < 1.29 is 4.74 Å². The van der Waals surface area contributed by atoms with Crippen LogP contribution in [0.5, 0.6) is 5.75 Å². The third-order valence-electron chi connectivity index (χ3n) is 4.76. The molecular weight excluding hydrogens is 234 g/mol. The highest BCUT2D eigenvalue weighted by atomic mass is 16.5. The molecule has 2 nitrogen and oxygen atoms in total. The van der Waals surface area contributed by atoms with Crippen molar-refractivity contribution in [3.63, 3.8) is 0 Å². The first-order chi connectivity index (χ1) is 9.11. The molecule has 1 aromatic rings. The molecule has 0 heterocycles. The van der Waals surface area contributed by atoms with Crippen LogP contribution in [0.1, 0.15) is 51.6 Å². The molecule has 1 aliphatic carbocycles. The molecule has 4 atom stereocenters. The lowest BCUT2D eigenvalue weighted by Crippen LogP contribution is -2.41. The molecule has 0 aliphatic heterocycles. The number of nitrogens with one attached hydrogen (secondary N) is 1. The molecule has 1 fully saturated rings. The van der Waals surface area contributed by atoms with Gasteiger partial charge in [0, 0.05) is 12.1 Å². The van der Waals surface area contributed by atoms with E-state index in [-0.39, 0.29) is 0 Å². The van der Waals surface area contributed by atoms with Gasteiger partial charge in [-0.05, 0) is 42.9 Å². The SMILES string of the molecule is COc1cccc([C@@H](C)NC2CCCC(C)C2C)c1. The Morgan fingerprint density at radius 2 is 2.05 bits per heavy atom. The lowest BCUT2D eigenvalue weighted by Gasteiger charge is -2.36. The van der Waals surface area contributed by atoms with E-state index in [0.717, 1.165) is 17.6 Å². The zero-order chi connectivity index (χ0) is 13.8. The topological polar surface area (TPSA) is 21.3 Å². The van der Waals surface area contributed by atoms with E-state index < -0.39 is 0 Å². The summed E-state index contributed by atoms with van der Waals surface area (Å²) >= 11 is 0. The molecule has 2 heteroatoms. The Hall–Kier alpha value is -1.02. The van der Waals surface area contributed by atoms with Gasteiger partial charge in [0.1, 0.15) is 5.75 Å². The standard InChI is InChI=1S/C17H27NO/c1-12-7-5-10-17(13(12)2)18-14(3)15-8-6-9-16(11-15)19-4/h6,8-9,11-14,17-18H,5,7,10H2,1-4H3/t12?,13?,14-,17?/m1/s1. The maximum Gasteiger partial charge on any atom is 0.119 e. The summed E-state index contributed by atoms with van der Waals surface area (Å²) in [5, 5.41) is 3.81. The molecule has 2 rings (SSSR count). The van der Waals surface area contributed by atoms with Gasteiger partial charge in [-0.1, -0.05) is 38.8 Å². The summed E-state index contributed by atoms with van der Waals surface area (Å²) in [4.78, 5) is 0. The van der Waals surface area contributed by atoms with E-state index in [0.29, 0.717) is 12.1 Å². The molecule has 1 saturated carbocycles. The lowest BCUT2D eigenvalue weighted by atomic mass is 9.77. The molecule has 0 aromatic heterocycles. The van der Waals surface area contributed by atoms with Gasteiger partial charge in [0.25, 0.3) is 0 Å². The number of ether oxygens (including phenoxy) is 1. The van der Waals surface area contributed by atoms with E-state index >= 15 is 0 Å². The fraction of sp³-hybridized carbons (Fsp3) is 0.647. The highest BCUT2D eigenvalue weighted by Crippen LogP contribution is 2.31. The van der Waals surface area contributed by atoms with E-state index in [4.69, 9.17) is 4.74 Å². The second kappa shape index (κ2) is 6.42. The number of benzene rings is 1. The Morgan fingerprint density at radius 1 is 1.26 bits per heavy atom. The largest absolute Gasteiger partial charge is 0.497 e. The minimum atomic E-state index is 0.382. The van der Waals surface area contributed by atoms with Crippen LogP contribution < -0.4 is 10.1 Å². The van der Waals surface area contributed by atoms with Crippen LogP contribution in [0.15, 0.2) is 24.3 Å². The summed E-state index contributed by atoms with van der Waals surface area (Å²) in [7, 11) is 1.72. The van der Waals surface area contributed by atoms with Crippen LogP contribution in [0.4, 0.5) is 0 Å². The predicted molar refractivity (Wildman–Crippen MR) is 80.5 cm³/mol. The maximum absolute atomic E-state index is 5.31. The van der Waals surface area contributed by atoms with Crippen LogP contribution in [-0.2, 0) is 0 Å². The third-order valence-corrected chi connectivity index (χ3v) is 4.76. The van der Waals surface area contributed by atoms with Crippen molar-refractivity contribution in [2.75, 3.05) is 7.11 Å². The normalized spacial score (nSPS) is 28.9. The molecular formula is C17H27NO. The van der Waals surface area contributed by atoms with Gasteiger partial charge in [-0.25, -0.2) is 0 Å². The molecule has 1 aromatic carbocycles. The molecule has 3 unspecified atom stereocenters. The smallest absolute Gasteiger partial charge is 0.119 e. The first-order valence-electron chi connectivity index (χ1n) is 7.51. The summed E-state index contributed by atoms with van der Waals surface area (Å²) in [6.07, 6.45) is 4.04. The van der Waals surface area contributed by atoms with E-state index in [1.54, 1.807) is 7.11 Å². The first kappa shape index (κ1) is 14.4. The van der Waals surface area contributed by atoms with Gasteiger partial charge >= 0.3 is 0 Å². The van der Waals surface area contributed by atoms with Crippen LogP contribution in [0.25, 0.3) is 0 Å². The first-order valence-corrected chi connectivity index (χ1v) is 7.51. The van der Waals surface area contributed by atoms with Crippen molar-refractivity contribution >= 4 is 0 Å². The quantitative estimate of drug-likeness (QED) is 0.878. The Labute approximate surface area is 117 Å². The van der Waals surface area contributed by atoms with Gasteiger partial charge in [0.2, 0.25) is 0 Å². The molecule has 0 amide bonds. The van der Waals surface area contributed by atoms with Crippen LogP contribution in [0.3, 0.4) is 0 Å². The van der Waals surface area contributed by atoms with Gasteiger partial charge < -0.3 is 10.1 Å². The average Bonchev–Trinajstić information content (AvgIpc) is 2.44. The van der Waals surface area contributed by atoms with E-state index in [9.17, 15) is 0 Å². The predicted octanol–water partition coefficient (Wildman–Crippen LogP) is 4.17. The van der Waals surface area contributed by atoms with E-state index in [2.05, 4.69) is 44.3 Å². The van der Waals surface area contributed by atoms with E-state index in [1.807, 2.05) is 6.07 Å². The molecule has 19 heavy (non-hydrogen) atoms. The molecule has 1 aliphatic rings. The number of rotatable bonds is 4. The Balaban J connectivity index is 2.01. The Kier molecular flexibility index (Phi) is 4.87. The third kappa shape index (κ3) is 3.50. The second-order valence-corrected chi connectivity index (χ2v) is 6.04. The second-order valence-electron chi connectivity index (χ2n) is 6.04. The molecule has 0 radical (unpaired) electrons. The maximum atomic E-state index is 5.31. The highest BCUT2D eigenvalue weighted by molar-refractivity contribution is 5.30. The summed E-state index contributed by atoms with van der Waals surface area (Å²) < 4.78 is 5.31. The van der Waals surface area contributed by atoms with Crippen molar-refractivity contribution in [3.05, 3.63) is 29.8 Å². The molecule has 0 spiro atoms. The molecule has 106 valence electrons.